The predicted molar refractivity (Wildman–Crippen MR) is 128 cm³/mol. The van der Waals surface area contributed by atoms with Gasteiger partial charge in [0.15, 0.2) is 4.77 Å². The number of hydrogen-bond donors (Lipinski definition) is 2. The van der Waals surface area contributed by atoms with Gasteiger partial charge < -0.3 is 19.2 Å². The minimum Gasteiger partial charge on any atom is -0.467 e. The molecule has 0 bridgehead atoms. The number of rotatable bonds is 5. The SMILES string of the molecule is O=C(c1ccc2c(=O)n(Cc3ccco3)c(=S)[nH]c2c1)N1CC[NH+](Cc2ccccc2)CC1. The molecular weight excluding hydrogens is 436 g/mol. The van der Waals surface area contributed by atoms with Crippen LogP contribution in [0.2, 0.25) is 0 Å². The van der Waals surface area contributed by atoms with E-state index in [0.717, 1.165) is 19.6 Å². The van der Waals surface area contributed by atoms with E-state index in [9.17, 15) is 9.59 Å². The smallest absolute Gasteiger partial charge is 0.262 e. The molecule has 1 aliphatic heterocycles. The Balaban J connectivity index is 1.31. The van der Waals surface area contributed by atoms with Gasteiger partial charge in [0.25, 0.3) is 11.5 Å². The number of piperazine rings is 1. The number of aromatic amines is 1. The first-order valence-electron chi connectivity index (χ1n) is 11.0. The number of quaternary nitrogens is 1. The maximum Gasteiger partial charge on any atom is 0.262 e. The highest BCUT2D eigenvalue weighted by Gasteiger charge is 2.25. The van der Waals surface area contributed by atoms with Gasteiger partial charge in [-0.2, -0.15) is 0 Å². The lowest BCUT2D eigenvalue weighted by Gasteiger charge is -2.32. The molecular formula is C25H25N4O3S+. The van der Waals surface area contributed by atoms with Crippen LogP contribution < -0.4 is 10.5 Å². The van der Waals surface area contributed by atoms with Gasteiger partial charge in [0.05, 0.1) is 49.9 Å². The third-order valence-corrected chi connectivity index (χ3v) is 6.50. The van der Waals surface area contributed by atoms with Crippen molar-refractivity contribution in [2.75, 3.05) is 26.2 Å². The van der Waals surface area contributed by atoms with E-state index < -0.39 is 0 Å². The number of nitrogens with one attached hydrogen (secondary N) is 2. The minimum atomic E-state index is -0.206. The number of carbonyl (C=O) groups excluding carboxylic acids is 1. The Morgan fingerprint density at radius 1 is 1.06 bits per heavy atom. The summed E-state index contributed by atoms with van der Waals surface area (Å²) in [6.07, 6.45) is 1.56. The van der Waals surface area contributed by atoms with E-state index in [1.54, 1.807) is 36.6 Å². The van der Waals surface area contributed by atoms with Crippen LogP contribution in [0.15, 0.2) is 76.1 Å². The fraction of sp³-hybridized carbons (Fsp3) is 0.240. The lowest BCUT2D eigenvalue weighted by atomic mass is 10.1. The van der Waals surface area contributed by atoms with E-state index in [0.29, 0.717) is 40.1 Å². The zero-order chi connectivity index (χ0) is 22.8. The fourth-order valence-electron chi connectivity index (χ4n) is 4.36. The van der Waals surface area contributed by atoms with Crippen LogP contribution in [0.4, 0.5) is 0 Å². The molecule has 0 spiro atoms. The molecule has 4 aromatic rings. The maximum atomic E-state index is 13.1. The molecule has 1 fully saturated rings. The molecule has 0 unspecified atom stereocenters. The lowest BCUT2D eigenvalue weighted by Crippen LogP contribution is -3.13. The van der Waals surface area contributed by atoms with Gasteiger partial charge in [0.1, 0.15) is 12.3 Å². The van der Waals surface area contributed by atoms with Crippen LogP contribution in [0.25, 0.3) is 10.9 Å². The Labute approximate surface area is 195 Å². The van der Waals surface area contributed by atoms with Crippen LogP contribution in [0, 0.1) is 4.77 Å². The Morgan fingerprint density at radius 3 is 2.58 bits per heavy atom. The van der Waals surface area contributed by atoms with Gasteiger partial charge in [-0.1, -0.05) is 30.3 Å². The molecule has 5 rings (SSSR count). The summed E-state index contributed by atoms with van der Waals surface area (Å²) in [6.45, 7) is 4.47. The van der Waals surface area contributed by atoms with E-state index in [1.807, 2.05) is 11.0 Å². The summed E-state index contributed by atoms with van der Waals surface area (Å²) >= 11 is 5.41. The van der Waals surface area contributed by atoms with Gasteiger partial charge in [-0.3, -0.25) is 14.2 Å². The second-order valence-corrected chi connectivity index (χ2v) is 8.75. The summed E-state index contributed by atoms with van der Waals surface area (Å²) in [5.41, 5.74) is 2.24. The summed E-state index contributed by atoms with van der Waals surface area (Å²) in [7, 11) is 0. The van der Waals surface area contributed by atoms with Crippen molar-refractivity contribution < 1.29 is 14.1 Å². The number of amides is 1. The van der Waals surface area contributed by atoms with Gasteiger partial charge >= 0.3 is 0 Å². The first-order valence-corrected chi connectivity index (χ1v) is 11.5. The second-order valence-electron chi connectivity index (χ2n) is 8.37. The monoisotopic (exact) mass is 461 g/mol. The predicted octanol–water partition coefficient (Wildman–Crippen LogP) is 2.24. The van der Waals surface area contributed by atoms with Crippen LogP contribution in [0.3, 0.4) is 0 Å². The molecule has 0 radical (unpaired) electrons. The Morgan fingerprint density at radius 2 is 1.85 bits per heavy atom. The Bertz CT molecular complexity index is 1380. The number of H-pyrrole nitrogens is 1. The highest BCUT2D eigenvalue weighted by Crippen LogP contribution is 2.14. The molecule has 2 aromatic carbocycles. The Hall–Kier alpha value is -3.49. The average Bonchev–Trinajstić information content (AvgIpc) is 3.35. The van der Waals surface area contributed by atoms with Crippen molar-refractivity contribution in [3.63, 3.8) is 0 Å². The summed E-state index contributed by atoms with van der Waals surface area (Å²) in [5.74, 6) is 0.631. The average molecular weight is 462 g/mol. The maximum absolute atomic E-state index is 13.1. The molecule has 0 saturated carbocycles. The zero-order valence-corrected chi connectivity index (χ0v) is 18.9. The van der Waals surface area contributed by atoms with E-state index in [2.05, 4.69) is 29.2 Å². The number of hydrogen-bond acceptors (Lipinski definition) is 4. The molecule has 1 amide bonds. The zero-order valence-electron chi connectivity index (χ0n) is 18.1. The quantitative estimate of drug-likeness (QED) is 0.447. The first-order chi connectivity index (χ1) is 16.1. The van der Waals surface area contributed by atoms with Crippen molar-refractivity contribution in [2.45, 2.75) is 13.1 Å². The van der Waals surface area contributed by atoms with Crippen LogP contribution in [-0.2, 0) is 13.1 Å². The van der Waals surface area contributed by atoms with E-state index in [-0.39, 0.29) is 18.0 Å². The molecule has 8 heteroatoms. The van der Waals surface area contributed by atoms with Gasteiger partial charge in [-0.25, -0.2) is 0 Å². The second kappa shape index (κ2) is 9.17. The van der Waals surface area contributed by atoms with Crippen molar-refractivity contribution in [3.05, 3.63) is 98.9 Å². The van der Waals surface area contributed by atoms with Gasteiger partial charge in [-0.05, 0) is 42.5 Å². The highest BCUT2D eigenvalue weighted by molar-refractivity contribution is 7.71. The van der Waals surface area contributed by atoms with Crippen LogP contribution >= 0.6 is 12.2 Å². The van der Waals surface area contributed by atoms with Crippen molar-refractivity contribution in [1.29, 1.82) is 0 Å². The lowest BCUT2D eigenvalue weighted by molar-refractivity contribution is -0.917. The van der Waals surface area contributed by atoms with Gasteiger partial charge in [0, 0.05) is 11.1 Å². The van der Waals surface area contributed by atoms with Crippen LogP contribution in [0.1, 0.15) is 21.7 Å². The molecule has 2 N–H and O–H groups in total. The largest absolute Gasteiger partial charge is 0.467 e. The standard InChI is InChI=1S/C25H24N4O3S/c30-23(28-12-10-27(11-13-28)16-18-5-2-1-3-6-18)19-8-9-21-22(15-19)26-25(33)29(24(21)31)17-20-7-4-14-32-20/h1-9,14-15H,10-13,16-17H2,(H,26,33)/p+1. The van der Waals surface area contributed by atoms with Gasteiger partial charge in [-0.15, -0.1) is 0 Å². The topological polar surface area (TPSA) is 75.7 Å². The fourth-order valence-corrected chi connectivity index (χ4v) is 4.62. The van der Waals surface area contributed by atoms with E-state index in [4.69, 9.17) is 16.6 Å². The van der Waals surface area contributed by atoms with Crippen LogP contribution in [-0.4, -0.2) is 46.5 Å². The third kappa shape index (κ3) is 4.53. The normalized spacial score (nSPS) is 14.6. The molecule has 3 heterocycles. The summed E-state index contributed by atoms with van der Waals surface area (Å²) in [4.78, 5) is 32.6. The molecule has 0 aliphatic carbocycles. The molecule has 33 heavy (non-hydrogen) atoms. The van der Waals surface area contributed by atoms with E-state index >= 15 is 0 Å². The minimum absolute atomic E-state index is 0.0188. The number of nitrogens with zero attached hydrogens (tertiary/aromatic N) is 2. The van der Waals surface area contributed by atoms with E-state index in [1.165, 1.54) is 15.0 Å². The molecule has 168 valence electrons. The first kappa shape index (κ1) is 21.4. The van der Waals surface area contributed by atoms with Crippen LogP contribution in [0.5, 0.6) is 0 Å². The summed E-state index contributed by atoms with van der Waals surface area (Å²) in [5, 5.41) is 0.490. The third-order valence-electron chi connectivity index (χ3n) is 6.18. The number of aromatic nitrogens is 2. The van der Waals surface area contributed by atoms with Crippen molar-refractivity contribution in [2.24, 2.45) is 0 Å². The van der Waals surface area contributed by atoms with Gasteiger partial charge in [0.2, 0.25) is 0 Å². The summed E-state index contributed by atoms with van der Waals surface area (Å²) in [6, 6.07) is 19.2. The number of carbonyl (C=O) groups is 1. The number of benzene rings is 2. The molecule has 7 nitrogen and oxygen atoms in total. The molecule has 0 atom stereocenters. The highest BCUT2D eigenvalue weighted by atomic mass is 32.1. The molecule has 1 aliphatic rings. The Kier molecular flexibility index (Phi) is 5.93. The van der Waals surface area contributed by atoms with Crippen molar-refractivity contribution >= 4 is 29.0 Å². The number of fused-ring (bicyclic) bond motifs is 1. The molecule has 2 aromatic heterocycles. The number of furan rings is 1. The molecule has 1 saturated heterocycles. The van der Waals surface area contributed by atoms with Crippen molar-refractivity contribution in [3.8, 4) is 0 Å². The summed E-state index contributed by atoms with van der Waals surface area (Å²) < 4.78 is 7.11. The van der Waals surface area contributed by atoms with Crippen molar-refractivity contribution in [1.82, 2.24) is 14.5 Å².